The van der Waals surface area contributed by atoms with E-state index >= 15 is 0 Å². The van der Waals surface area contributed by atoms with Crippen LogP contribution in [0, 0.1) is 0 Å². The Hall–Kier alpha value is -1.47. The second-order valence-corrected chi connectivity index (χ2v) is 6.95. The number of aliphatic imine (C=N–C) groups is 1. The lowest BCUT2D eigenvalue weighted by Gasteiger charge is -2.14. The van der Waals surface area contributed by atoms with Crippen LogP contribution >= 0.6 is 23.5 Å². The van der Waals surface area contributed by atoms with Gasteiger partial charge in [0.1, 0.15) is 4.38 Å². The van der Waals surface area contributed by atoms with Crippen LogP contribution in [0.5, 0.6) is 0 Å². The quantitative estimate of drug-likeness (QED) is 0.897. The Labute approximate surface area is 132 Å². The molecule has 21 heavy (non-hydrogen) atoms. The lowest BCUT2D eigenvalue weighted by Crippen LogP contribution is -2.43. The van der Waals surface area contributed by atoms with Gasteiger partial charge in [0.05, 0.1) is 11.4 Å². The minimum Gasteiger partial charge on any atom is -0.336 e. The van der Waals surface area contributed by atoms with Crippen LogP contribution in [0.4, 0.5) is 10.5 Å². The maximum absolute atomic E-state index is 11.7. The van der Waals surface area contributed by atoms with Crippen LogP contribution in [0.1, 0.15) is 19.4 Å². The highest BCUT2D eigenvalue weighted by atomic mass is 32.2. The predicted octanol–water partition coefficient (Wildman–Crippen LogP) is 2.89. The molecule has 5 nitrogen and oxygen atoms in total. The first-order chi connectivity index (χ1) is 10.0. The van der Waals surface area contributed by atoms with Gasteiger partial charge >= 0.3 is 6.03 Å². The second kappa shape index (κ2) is 7.51. The monoisotopic (exact) mass is 323 g/mol. The van der Waals surface area contributed by atoms with Gasteiger partial charge in [-0.15, -0.1) is 0 Å². The minimum absolute atomic E-state index is 0.000213. The Balaban J connectivity index is 1.83. The first kappa shape index (κ1) is 15.9. The molecule has 0 unspecified atom stereocenters. The van der Waals surface area contributed by atoms with Crippen LogP contribution < -0.4 is 10.6 Å². The largest absolute Gasteiger partial charge is 0.336 e. The van der Waals surface area contributed by atoms with Crippen LogP contribution in [-0.2, 0) is 10.5 Å². The summed E-state index contributed by atoms with van der Waals surface area (Å²) in [5, 5.41) is 4.90. The zero-order valence-electron chi connectivity index (χ0n) is 11.9. The number of thioether (sulfide) groups is 2. The maximum atomic E-state index is 11.7. The van der Waals surface area contributed by atoms with Crippen molar-refractivity contribution in [2.45, 2.75) is 25.6 Å². The van der Waals surface area contributed by atoms with Crippen LogP contribution in [0.3, 0.4) is 0 Å². The van der Waals surface area contributed by atoms with Gasteiger partial charge in [-0.25, -0.2) is 9.79 Å². The lowest BCUT2D eigenvalue weighted by atomic mass is 10.2. The zero-order chi connectivity index (χ0) is 15.2. The number of rotatable bonds is 3. The molecule has 3 amide bonds. The van der Waals surface area contributed by atoms with Crippen molar-refractivity contribution in [2.75, 3.05) is 5.75 Å². The van der Waals surface area contributed by atoms with Crippen molar-refractivity contribution in [1.29, 1.82) is 0 Å². The third kappa shape index (κ3) is 5.09. The molecule has 0 atom stereocenters. The van der Waals surface area contributed by atoms with Crippen molar-refractivity contribution in [1.82, 2.24) is 10.6 Å². The van der Waals surface area contributed by atoms with E-state index < -0.39 is 6.03 Å². The minimum atomic E-state index is -0.459. The SMILES string of the molecule is CC(C)NC(=O)NC(=O)CSC1=Nc2ccccc2CS1. The van der Waals surface area contributed by atoms with Crippen molar-refractivity contribution in [3.63, 3.8) is 0 Å². The number of nitrogens with zero attached hydrogens (tertiary/aromatic N) is 1. The molecule has 2 N–H and O–H groups in total. The average molecular weight is 323 g/mol. The molecule has 0 bridgehead atoms. The normalized spacial score (nSPS) is 13.4. The molecule has 1 aliphatic rings. The number of benzene rings is 1. The van der Waals surface area contributed by atoms with Gasteiger partial charge in [-0.3, -0.25) is 10.1 Å². The molecule has 0 saturated heterocycles. The summed E-state index contributed by atoms with van der Waals surface area (Å²) < 4.78 is 0.855. The van der Waals surface area contributed by atoms with Gasteiger partial charge in [-0.2, -0.15) is 0 Å². The number of fused-ring (bicyclic) bond motifs is 1. The molecule has 1 aromatic rings. The first-order valence-corrected chi connectivity index (χ1v) is 8.54. The van der Waals surface area contributed by atoms with Crippen molar-refractivity contribution in [3.05, 3.63) is 29.8 Å². The topological polar surface area (TPSA) is 70.6 Å². The number of amides is 3. The molecule has 1 heterocycles. The van der Waals surface area contributed by atoms with E-state index in [2.05, 4.69) is 21.7 Å². The Kier molecular flexibility index (Phi) is 5.69. The lowest BCUT2D eigenvalue weighted by molar-refractivity contribution is -0.117. The molecule has 1 aliphatic heterocycles. The second-order valence-electron chi connectivity index (χ2n) is 4.76. The summed E-state index contributed by atoms with van der Waals surface area (Å²) in [5.41, 5.74) is 2.16. The van der Waals surface area contributed by atoms with Gasteiger partial charge < -0.3 is 5.32 Å². The molecule has 0 spiro atoms. The van der Waals surface area contributed by atoms with E-state index in [0.29, 0.717) is 0 Å². The number of hydrogen-bond acceptors (Lipinski definition) is 5. The predicted molar refractivity (Wildman–Crippen MR) is 89.1 cm³/mol. The number of hydrogen-bond donors (Lipinski definition) is 2. The van der Waals surface area contributed by atoms with E-state index in [-0.39, 0.29) is 17.7 Å². The molecule has 112 valence electrons. The average Bonchev–Trinajstić information content (AvgIpc) is 2.44. The van der Waals surface area contributed by atoms with Gasteiger partial charge in [0.15, 0.2) is 0 Å². The summed E-state index contributed by atoms with van der Waals surface area (Å²) in [4.78, 5) is 27.6. The Morgan fingerprint density at radius 3 is 2.90 bits per heavy atom. The molecule has 1 aromatic carbocycles. The molecule has 0 fully saturated rings. The van der Waals surface area contributed by atoms with Crippen LogP contribution in [0.15, 0.2) is 29.3 Å². The zero-order valence-corrected chi connectivity index (χ0v) is 13.5. The highest BCUT2D eigenvalue weighted by molar-refractivity contribution is 8.38. The Morgan fingerprint density at radius 1 is 1.38 bits per heavy atom. The van der Waals surface area contributed by atoms with Crippen molar-refractivity contribution in [2.24, 2.45) is 4.99 Å². The summed E-state index contributed by atoms with van der Waals surface area (Å²) in [7, 11) is 0. The number of urea groups is 1. The summed E-state index contributed by atoms with van der Waals surface area (Å²) in [6.07, 6.45) is 0. The smallest absolute Gasteiger partial charge is 0.321 e. The molecule has 7 heteroatoms. The van der Waals surface area contributed by atoms with E-state index in [1.165, 1.54) is 17.3 Å². The molecule has 0 radical (unpaired) electrons. The van der Waals surface area contributed by atoms with E-state index in [9.17, 15) is 9.59 Å². The number of para-hydroxylation sites is 1. The van der Waals surface area contributed by atoms with Gasteiger partial charge in [0.25, 0.3) is 0 Å². The van der Waals surface area contributed by atoms with Gasteiger partial charge in [-0.05, 0) is 25.5 Å². The highest BCUT2D eigenvalue weighted by Crippen LogP contribution is 2.34. The van der Waals surface area contributed by atoms with Crippen molar-refractivity contribution < 1.29 is 9.59 Å². The maximum Gasteiger partial charge on any atom is 0.321 e. The molecular weight excluding hydrogens is 306 g/mol. The number of carbonyl (C=O) groups is 2. The summed E-state index contributed by atoms with van der Waals surface area (Å²) >= 11 is 2.96. The van der Waals surface area contributed by atoms with E-state index in [1.807, 2.05) is 32.0 Å². The number of imide groups is 1. The summed E-state index contributed by atoms with van der Waals surface area (Å²) in [5.74, 6) is 0.720. The molecule has 0 aromatic heterocycles. The van der Waals surface area contributed by atoms with Crippen molar-refractivity contribution >= 4 is 45.5 Å². The fourth-order valence-corrected chi connectivity index (χ4v) is 3.54. The summed E-state index contributed by atoms with van der Waals surface area (Å²) in [6.45, 7) is 3.67. The molecule has 2 rings (SSSR count). The van der Waals surface area contributed by atoms with Gasteiger partial charge in [0.2, 0.25) is 5.91 Å². The van der Waals surface area contributed by atoms with E-state index in [0.717, 1.165) is 15.8 Å². The van der Waals surface area contributed by atoms with Gasteiger partial charge in [0, 0.05) is 11.8 Å². The van der Waals surface area contributed by atoms with Crippen LogP contribution in [0.2, 0.25) is 0 Å². The molecular formula is C14H17N3O2S2. The summed E-state index contributed by atoms with van der Waals surface area (Å²) in [6, 6.07) is 7.50. The van der Waals surface area contributed by atoms with E-state index in [1.54, 1.807) is 11.8 Å². The first-order valence-electron chi connectivity index (χ1n) is 6.57. The standard InChI is InChI=1S/C14H17N3O2S2/c1-9(2)15-13(19)17-12(18)8-21-14-16-11-6-4-3-5-10(11)7-20-14/h3-6,9H,7-8H2,1-2H3,(H2,15,17,18,19). The molecule has 0 saturated carbocycles. The van der Waals surface area contributed by atoms with Gasteiger partial charge in [-0.1, -0.05) is 41.7 Å². The van der Waals surface area contributed by atoms with Crippen LogP contribution in [-0.4, -0.2) is 28.1 Å². The highest BCUT2D eigenvalue weighted by Gasteiger charge is 2.15. The Morgan fingerprint density at radius 2 is 2.14 bits per heavy atom. The number of nitrogens with one attached hydrogen (secondary N) is 2. The third-order valence-electron chi connectivity index (χ3n) is 2.55. The van der Waals surface area contributed by atoms with Crippen LogP contribution in [0.25, 0.3) is 0 Å². The third-order valence-corrected chi connectivity index (χ3v) is 4.80. The fraction of sp³-hybridized carbons (Fsp3) is 0.357. The molecule has 0 aliphatic carbocycles. The number of carbonyl (C=O) groups excluding carboxylic acids is 2. The fourth-order valence-electron chi connectivity index (χ4n) is 1.67. The van der Waals surface area contributed by atoms with E-state index in [4.69, 9.17) is 0 Å². The van der Waals surface area contributed by atoms with Crippen molar-refractivity contribution in [3.8, 4) is 0 Å². The Bertz CT molecular complexity index is 573.